The molecule has 1 saturated heterocycles. The minimum Gasteiger partial charge on any atom is -0.480 e. The van der Waals surface area contributed by atoms with Gasteiger partial charge in [-0.05, 0) is 25.8 Å². The number of anilines is 1. The monoisotopic (exact) mass is 421 g/mol. The number of hydrogen-bond donors (Lipinski definition) is 3. The van der Waals surface area contributed by atoms with Gasteiger partial charge in [0.1, 0.15) is 5.52 Å². The Morgan fingerprint density at radius 1 is 1.13 bits per heavy atom. The Labute approximate surface area is 174 Å². The Morgan fingerprint density at radius 3 is 2.53 bits per heavy atom. The van der Waals surface area contributed by atoms with Crippen molar-refractivity contribution in [1.82, 2.24) is 29.3 Å². The summed E-state index contributed by atoms with van der Waals surface area (Å²) in [5.41, 5.74) is 6.64. The van der Waals surface area contributed by atoms with Crippen LogP contribution in [0, 0.1) is 0 Å². The number of nitrogens with zero attached hydrogens (tertiary/aromatic N) is 5. The molecular weight excluding hydrogens is 390 g/mol. The second kappa shape index (κ2) is 10.4. The fraction of sp³-hybridized carbons (Fsp3) is 0.684. The molecule has 2 aromatic heterocycles. The zero-order chi connectivity index (χ0) is 21.5. The van der Waals surface area contributed by atoms with Gasteiger partial charge in [0.25, 0.3) is 0 Å². The van der Waals surface area contributed by atoms with E-state index in [4.69, 9.17) is 15.6 Å². The first-order chi connectivity index (χ1) is 14.5. The molecule has 4 N–H and O–H groups in total. The number of carboxylic acid groups (broad SMARTS) is 1. The lowest BCUT2D eigenvalue weighted by Gasteiger charge is -2.33. The van der Waals surface area contributed by atoms with Crippen LogP contribution < -0.4 is 16.2 Å². The minimum absolute atomic E-state index is 0.104. The highest BCUT2D eigenvalue weighted by atomic mass is 16.5. The van der Waals surface area contributed by atoms with Crippen molar-refractivity contribution in [3.8, 4) is 6.01 Å². The fourth-order valence-corrected chi connectivity index (χ4v) is 3.58. The minimum atomic E-state index is -0.781. The van der Waals surface area contributed by atoms with Crippen LogP contribution in [0.15, 0.2) is 4.79 Å². The van der Waals surface area contributed by atoms with Gasteiger partial charge >= 0.3 is 17.7 Å². The SMILES string of the molecule is CCCCOc1nc(N)c2[nH]c(=O)n(CCCCN3CCN(CC(=O)O)CC3)c2n1. The largest absolute Gasteiger partial charge is 0.480 e. The van der Waals surface area contributed by atoms with Crippen LogP contribution in [-0.4, -0.2) is 86.3 Å². The number of fused-ring (bicyclic) bond motifs is 1. The Morgan fingerprint density at radius 2 is 1.83 bits per heavy atom. The number of nitrogens with one attached hydrogen (secondary N) is 1. The van der Waals surface area contributed by atoms with Crippen molar-refractivity contribution >= 4 is 23.0 Å². The second-order valence-electron chi connectivity index (χ2n) is 7.59. The zero-order valence-electron chi connectivity index (χ0n) is 17.5. The molecule has 0 radical (unpaired) electrons. The van der Waals surface area contributed by atoms with Crippen molar-refractivity contribution in [2.45, 2.75) is 39.2 Å². The first-order valence-corrected chi connectivity index (χ1v) is 10.5. The maximum Gasteiger partial charge on any atom is 0.327 e. The van der Waals surface area contributed by atoms with E-state index in [-0.39, 0.29) is 24.1 Å². The summed E-state index contributed by atoms with van der Waals surface area (Å²) in [5, 5.41) is 8.87. The van der Waals surface area contributed by atoms with Gasteiger partial charge in [-0.15, -0.1) is 0 Å². The summed E-state index contributed by atoms with van der Waals surface area (Å²) in [6, 6.07) is 0.195. The fourth-order valence-electron chi connectivity index (χ4n) is 3.58. The van der Waals surface area contributed by atoms with Crippen molar-refractivity contribution < 1.29 is 14.6 Å². The average molecular weight is 422 g/mol. The number of carbonyl (C=O) groups is 1. The highest BCUT2D eigenvalue weighted by Gasteiger charge is 2.18. The van der Waals surface area contributed by atoms with Crippen molar-refractivity contribution in [1.29, 1.82) is 0 Å². The Kier molecular flexibility index (Phi) is 7.63. The molecule has 0 spiro atoms. The summed E-state index contributed by atoms with van der Waals surface area (Å²) in [6.45, 7) is 7.40. The van der Waals surface area contributed by atoms with Gasteiger partial charge in [-0.3, -0.25) is 14.3 Å². The van der Waals surface area contributed by atoms with Crippen molar-refractivity contribution in [3.05, 3.63) is 10.5 Å². The van der Waals surface area contributed by atoms with Gasteiger partial charge in [0.15, 0.2) is 11.5 Å². The maximum atomic E-state index is 12.4. The number of aryl methyl sites for hydroxylation is 1. The number of aromatic amines is 1. The number of piperazine rings is 1. The second-order valence-corrected chi connectivity index (χ2v) is 7.59. The van der Waals surface area contributed by atoms with Crippen LogP contribution >= 0.6 is 0 Å². The summed E-state index contributed by atoms with van der Waals surface area (Å²) >= 11 is 0. The van der Waals surface area contributed by atoms with E-state index < -0.39 is 5.97 Å². The third-order valence-corrected chi connectivity index (χ3v) is 5.29. The van der Waals surface area contributed by atoms with Crippen molar-refractivity contribution in [2.75, 3.05) is 51.6 Å². The molecule has 0 aromatic carbocycles. The average Bonchev–Trinajstić information content (AvgIpc) is 3.02. The molecule has 11 heteroatoms. The van der Waals surface area contributed by atoms with E-state index in [0.717, 1.165) is 58.4 Å². The van der Waals surface area contributed by atoms with Crippen LogP contribution in [0.1, 0.15) is 32.6 Å². The number of aromatic nitrogens is 4. The maximum absolute atomic E-state index is 12.4. The molecule has 0 amide bonds. The molecule has 2 aromatic rings. The summed E-state index contributed by atoms with van der Waals surface area (Å²) < 4.78 is 7.15. The van der Waals surface area contributed by atoms with Gasteiger partial charge in [-0.2, -0.15) is 9.97 Å². The standard InChI is InChI=1S/C19H31N7O4/c1-2-3-12-30-18-22-16(20)15-17(23-18)26(19(29)21-15)7-5-4-6-24-8-10-25(11-9-24)13-14(27)28/h2-13H2,1H3,(H,21,29)(H,27,28)(H2,20,22,23). The number of imidazole rings is 1. The van der Waals surface area contributed by atoms with E-state index >= 15 is 0 Å². The number of rotatable bonds is 11. The van der Waals surface area contributed by atoms with E-state index in [1.165, 1.54) is 0 Å². The highest BCUT2D eigenvalue weighted by molar-refractivity contribution is 5.81. The Hall–Kier alpha value is -2.66. The van der Waals surface area contributed by atoms with Gasteiger partial charge < -0.3 is 25.5 Å². The molecule has 30 heavy (non-hydrogen) atoms. The van der Waals surface area contributed by atoms with Gasteiger partial charge in [-0.25, -0.2) is 4.79 Å². The van der Waals surface area contributed by atoms with Crippen LogP contribution in [0.25, 0.3) is 11.2 Å². The molecule has 3 rings (SSSR count). The van der Waals surface area contributed by atoms with Crippen LogP contribution in [0.4, 0.5) is 5.82 Å². The third kappa shape index (κ3) is 5.70. The van der Waals surface area contributed by atoms with E-state index in [0.29, 0.717) is 24.3 Å². The van der Waals surface area contributed by atoms with E-state index in [2.05, 4.69) is 26.8 Å². The summed E-state index contributed by atoms with van der Waals surface area (Å²) in [6.07, 6.45) is 3.64. The Bertz CT molecular complexity index is 902. The van der Waals surface area contributed by atoms with Crippen molar-refractivity contribution in [3.63, 3.8) is 0 Å². The molecule has 11 nitrogen and oxygen atoms in total. The molecule has 0 aliphatic carbocycles. The Balaban J connectivity index is 1.52. The van der Waals surface area contributed by atoms with Gasteiger partial charge in [0.05, 0.1) is 13.2 Å². The lowest BCUT2D eigenvalue weighted by molar-refractivity contribution is -0.138. The van der Waals surface area contributed by atoms with Crippen LogP contribution in [-0.2, 0) is 11.3 Å². The van der Waals surface area contributed by atoms with Gasteiger partial charge in [-0.1, -0.05) is 13.3 Å². The highest BCUT2D eigenvalue weighted by Crippen LogP contribution is 2.18. The van der Waals surface area contributed by atoms with Crippen molar-refractivity contribution in [2.24, 2.45) is 0 Å². The first kappa shape index (κ1) is 22.0. The van der Waals surface area contributed by atoms with Gasteiger partial charge in [0, 0.05) is 32.7 Å². The third-order valence-electron chi connectivity index (χ3n) is 5.29. The molecule has 1 aliphatic heterocycles. The van der Waals surface area contributed by atoms with E-state index in [1.807, 2.05) is 4.90 Å². The molecule has 0 saturated carbocycles. The number of nitrogen functional groups attached to an aromatic ring is 1. The topological polar surface area (TPSA) is 143 Å². The molecule has 166 valence electrons. The molecular formula is C19H31N7O4. The molecule has 0 unspecified atom stereocenters. The quantitative estimate of drug-likeness (QED) is 0.438. The van der Waals surface area contributed by atoms with E-state index in [1.54, 1.807) is 4.57 Å². The van der Waals surface area contributed by atoms with Gasteiger partial charge in [0.2, 0.25) is 0 Å². The lowest BCUT2D eigenvalue weighted by Crippen LogP contribution is -2.48. The smallest absolute Gasteiger partial charge is 0.327 e. The molecule has 1 aliphatic rings. The first-order valence-electron chi connectivity index (χ1n) is 10.5. The normalized spacial score (nSPS) is 15.6. The number of nitrogens with two attached hydrogens (primary N) is 1. The number of carboxylic acids is 1. The molecule has 3 heterocycles. The number of ether oxygens (including phenoxy) is 1. The number of unbranched alkanes of at least 4 members (excludes halogenated alkanes) is 2. The van der Waals surface area contributed by atoms with Crippen LogP contribution in [0.3, 0.4) is 0 Å². The molecule has 0 atom stereocenters. The number of aliphatic carboxylic acids is 1. The zero-order valence-corrected chi connectivity index (χ0v) is 17.5. The summed E-state index contributed by atoms with van der Waals surface area (Å²) in [7, 11) is 0. The van der Waals surface area contributed by atoms with Crippen LogP contribution in [0.2, 0.25) is 0 Å². The predicted molar refractivity (Wildman–Crippen MR) is 113 cm³/mol. The molecule has 0 bridgehead atoms. The predicted octanol–water partition coefficient (Wildman–Crippen LogP) is 0.363. The number of H-pyrrole nitrogens is 1. The van der Waals surface area contributed by atoms with E-state index in [9.17, 15) is 9.59 Å². The summed E-state index contributed by atoms with van der Waals surface area (Å²) in [4.78, 5) is 38.7. The summed E-state index contributed by atoms with van der Waals surface area (Å²) in [5.74, 6) is -0.572. The molecule has 1 fully saturated rings. The lowest BCUT2D eigenvalue weighted by atomic mass is 10.2. The number of hydrogen-bond acceptors (Lipinski definition) is 8. The van der Waals surface area contributed by atoms with Crippen LogP contribution in [0.5, 0.6) is 6.01 Å².